The van der Waals surface area contributed by atoms with Crippen LogP contribution in [0.15, 0.2) is 243 Å². The molecule has 0 heteroatoms. The number of hydrogen-bond acceptors (Lipinski definition) is 0. The van der Waals surface area contributed by atoms with Gasteiger partial charge in [0.25, 0.3) is 0 Å². The Hall–Kier alpha value is -9.36. The maximum absolute atomic E-state index is 2.47. The van der Waals surface area contributed by atoms with Crippen molar-refractivity contribution in [2.75, 3.05) is 0 Å². The molecule has 0 fully saturated rings. The average molecular weight is 905 g/mol. The van der Waals surface area contributed by atoms with Crippen molar-refractivity contribution in [3.63, 3.8) is 0 Å². The summed E-state index contributed by atoms with van der Waals surface area (Å²) < 4.78 is 0. The van der Waals surface area contributed by atoms with E-state index in [0.29, 0.717) is 0 Å². The predicted molar refractivity (Wildman–Crippen MR) is 308 cm³/mol. The van der Waals surface area contributed by atoms with Gasteiger partial charge in [-0.05, 0) is 175 Å². The summed E-state index contributed by atoms with van der Waals surface area (Å²) in [6.07, 6.45) is 0. The van der Waals surface area contributed by atoms with Crippen molar-refractivity contribution in [2.45, 2.75) is 0 Å². The molecule has 0 saturated heterocycles. The van der Waals surface area contributed by atoms with Crippen LogP contribution in [0.1, 0.15) is 0 Å². The number of fused-ring (bicyclic) bond motifs is 12. The van der Waals surface area contributed by atoms with Crippen LogP contribution in [0, 0.1) is 0 Å². The quantitative estimate of drug-likeness (QED) is 0.122. The molecule has 2 aliphatic rings. The molecule has 0 heterocycles. The molecule has 2 aliphatic carbocycles. The lowest BCUT2D eigenvalue weighted by Crippen LogP contribution is -1.94. The van der Waals surface area contributed by atoms with E-state index in [-0.39, 0.29) is 0 Å². The van der Waals surface area contributed by atoms with Crippen molar-refractivity contribution in [1.29, 1.82) is 0 Å². The van der Waals surface area contributed by atoms with Crippen molar-refractivity contribution in [2.24, 2.45) is 0 Å². The molecule has 0 amide bonds. The van der Waals surface area contributed by atoms with E-state index in [2.05, 4.69) is 243 Å². The Morgan fingerprint density at radius 1 is 0.139 bits per heavy atom. The van der Waals surface area contributed by atoms with E-state index in [1.807, 2.05) is 0 Å². The van der Waals surface area contributed by atoms with E-state index in [0.717, 1.165) is 0 Å². The SMILES string of the molecule is c1ccc(-c2c3c(c(-c4cccc5ccccc45)c4ccccc24)-c2ccc4c5ccc6c7c(ccc(c8ccc-3c2c84)c75)-c2c-6c(-c3cccc4ccccc34)c3ccccc3c2-c2ccccc2)cc1. The highest BCUT2D eigenvalue weighted by molar-refractivity contribution is 6.42. The Morgan fingerprint density at radius 3 is 0.806 bits per heavy atom. The molecule has 328 valence electrons. The minimum absolute atomic E-state index is 1.24. The molecule has 0 radical (unpaired) electrons. The first-order chi connectivity index (χ1) is 35.8. The van der Waals surface area contributed by atoms with Crippen LogP contribution in [-0.2, 0) is 0 Å². The van der Waals surface area contributed by atoms with Gasteiger partial charge in [-0.3, -0.25) is 0 Å². The molecular formula is C72H40. The monoisotopic (exact) mass is 904 g/mol. The Kier molecular flexibility index (Phi) is 7.55. The van der Waals surface area contributed by atoms with E-state index in [9.17, 15) is 0 Å². The lowest BCUT2D eigenvalue weighted by Gasteiger charge is -2.21. The van der Waals surface area contributed by atoms with E-state index in [1.54, 1.807) is 0 Å². The maximum Gasteiger partial charge on any atom is -0.000718 e. The fourth-order valence-electron chi connectivity index (χ4n) is 13.9. The first-order valence-electron chi connectivity index (χ1n) is 25.3. The molecular weight excluding hydrogens is 865 g/mol. The fraction of sp³-hybridized carbons (Fsp3) is 0. The van der Waals surface area contributed by atoms with E-state index in [4.69, 9.17) is 0 Å². The normalized spacial score (nSPS) is 12.4. The largest absolute Gasteiger partial charge is 0.0622 e. The van der Waals surface area contributed by atoms with E-state index >= 15 is 0 Å². The highest BCUT2D eigenvalue weighted by Crippen LogP contribution is 2.63. The summed E-state index contributed by atoms with van der Waals surface area (Å²) in [5, 5.41) is 20.8. The van der Waals surface area contributed by atoms with Crippen LogP contribution in [0.5, 0.6) is 0 Å². The van der Waals surface area contributed by atoms with E-state index < -0.39 is 0 Å². The Balaban J connectivity index is 1.01. The number of hydrogen-bond donors (Lipinski definition) is 0. The molecule has 17 rings (SSSR count). The zero-order valence-electron chi connectivity index (χ0n) is 39.1. The Labute approximate surface area is 415 Å². The third-order valence-corrected chi connectivity index (χ3v) is 16.7. The summed E-state index contributed by atoms with van der Waals surface area (Å²) in [4.78, 5) is 0. The van der Waals surface area contributed by atoms with Gasteiger partial charge in [0.05, 0.1) is 0 Å². The van der Waals surface area contributed by atoms with Gasteiger partial charge in [0.2, 0.25) is 0 Å². The van der Waals surface area contributed by atoms with Gasteiger partial charge in [0.1, 0.15) is 0 Å². The van der Waals surface area contributed by atoms with Gasteiger partial charge in [-0.2, -0.15) is 0 Å². The van der Waals surface area contributed by atoms with Crippen LogP contribution in [0.2, 0.25) is 0 Å². The fourth-order valence-corrected chi connectivity index (χ4v) is 13.9. The smallest absolute Gasteiger partial charge is 0.000718 e. The van der Waals surface area contributed by atoms with Gasteiger partial charge in [-0.15, -0.1) is 0 Å². The van der Waals surface area contributed by atoms with Crippen LogP contribution in [0.3, 0.4) is 0 Å². The summed E-state index contributed by atoms with van der Waals surface area (Å²) in [5.41, 5.74) is 20.8. The third kappa shape index (κ3) is 4.86. The highest BCUT2D eigenvalue weighted by atomic mass is 14.4. The first kappa shape index (κ1) is 38.5. The van der Waals surface area contributed by atoms with Crippen LogP contribution >= 0.6 is 0 Å². The third-order valence-electron chi connectivity index (χ3n) is 16.7. The second-order valence-corrected chi connectivity index (χ2v) is 20.0. The van der Waals surface area contributed by atoms with Crippen LogP contribution < -0.4 is 0 Å². The molecule has 0 saturated carbocycles. The molecule has 0 N–H and O–H groups in total. The standard InChI is InChI=1S/C72H40/c1-3-19-43(20-4-1)61-49-27-11-13-29-51(49)65(47-31-15-23-41-17-7-9-25-45(41)47)71-59-39-35-55-56-36-40-60-68-58(38-34-54(64(56)68)53-33-37-57(69(61)71)67(59)63(53)55)70-62(44-21-5-2-6-22-44)50-28-12-14-30-52(50)66(72(60)70)48-32-16-24-42-18-8-10-26-46(42)48/h1-40H. The Morgan fingerprint density at radius 2 is 0.431 bits per heavy atom. The molecule has 0 spiro atoms. The van der Waals surface area contributed by atoms with Crippen LogP contribution in [0.25, 0.3) is 175 Å². The van der Waals surface area contributed by atoms with Gasteiger partial charge in [-0.25, -0.2) is 0 Å². The summed E-state index contributed by atoms with van der Waals surface area (Å²) in [7, 11) is 0. The minimum atomic E-state index is 1.24. The van der Waals surface area contributed by atoms with Crippen molar-refractivity contribution in [3.8, 4) is 89.0 Å². The lowest BCUT2D eigenvalue weighted by atomic mass is 9.81. The maximum atomic E-state index is 2.47. The second kappa shape index (κ2) is 14.1. The van der Waals surface area contributed by atoms with Crippen molar-refractivity contribution in [1.82, 2.24) is 0 Å². The predicted octanol–water partition coefficient (Wildman–Crippen LogP) is 20.3. The molecule has 0 aromatic heterocycles. The second-order valence-electron chi connectivity index (χ2n) is 20.0. The summed E-state index contributed by atoms with van der Waals surface area (Å²) in [6.45, 7) is 0. The van der Waals surface area contributed by atoms with Gasteiger partial charge in [0.15, 0.2) is 0 Å². The average Bonchev–Trinajstić information content (AvgIpc) is 3.96. The number of benzene rings is 15. The molecule has 0 nitrogen and oxygen atoms in total. The molecule has 15 aromatic carbocycles. The van der Waals surface area contributed by atoms with Crippen LogP contribution in [-0.4, -0.2) is 0 Å². The first-order valence-corrected chi connectivity index (χ1v) is 25.3. The van der Waals surface area contributed by atoms with Crippen molar-refractivity contribution >= 4 is 86.2 Å². The zero-order chi connectivity index (χ0) is 46.8. The van der Waals surface area contributed by atoms with Gasteiger partial charge in [0, 0.05) is 0 Å². The van der Waals surface area contributed by atoms with Crippen LogP contribution in [0.4, 0.5) is 0 Å². The minimum Gasteiger partial charge on any atom is -0.0622 e. The molecule has 0 bridgehead atoms. The van der Waals surface area contributed by atoms with Crippen molar-refractivity contribution < 1.29 is 0 Å². The summed E-state index contributed by atoms with van der Waals surface area (Å²) in [5.74, 6) is 0. The topological polar surface area (TPSA) is 0 Å². The molecule has 0 aliphatic heterocycles. The highest BCUT2D eigenvalue weighted by Gasteiger charge is 2.35. The van der Waals surface area contributed by atoms with E-state index in [1.165, 1.54) is 175 Å². The zero-order valence-corrected chi connectivity index (χ0v) is 39.1. The Bertz CT molecular complexity index is 4540. The van der Waals surface area contributed by atoms with Crippen molar-refractivity contribution in [3.05, 3.63) is 243 Å². The van der Waals surface area contributed by atoms with Gasteiger partial charge >= 0.3 is 0 Å². The van der Waals surface area contributed by atoms with Gasteiger partial charge < -0.3 is 0 Å². The van der Waals surface area contributed by atoms with Gasteiger partial charge in [-0.1, -0.05) is 243 Å². The molecule has 72 heavy (non-hydrogen) atoms. The number of rotatable bonds is 4. The molecule has 0 atom stereocenters. The molecule has 15 aromatic rings. The lowest BCUT2D eigenvalue weighted by molar-refractivity contribution is 1.63. The summed E-state index contributed by atoms with van der Waals surface area (Å²) in [6, 6.07) is 91.7. The summed E-state index contributed by atoms with van der Waals surface area (Å²) >= 11 is 0. The molecule has 0 unspecified atom stereocenters.